The maximum Gasteiger partial charge on any atom is 0.490 e. The number of fused-ring (bicyclic) bond motifs is 1. The third-order valence-corrected chi connectivity index (χ3v) is 5.08. The number of thiophene rings is 1. The van der Waals surface area contributed by atoms with Crippen LogP contribution in [0.2, 0.25) is 0 Å². The number of carboxylic acids is 1. The van der Waals surface area contributed by atoms with E-state index in [0.717, 1.165) is 15.8 Å². The minimum absolute atomic E-state index is 0.168. The van der Waals surface area contributed by atoms with E-state index in [9.17, 15) is 22.4 Å². The van der Waals surface area contributed by atoms with Gasteiger partial charge < -0.3 is 5.11 Å². The molecule has 0 atom stereocenters. The second-order valence-corrected chi connectivity index (χ2v) is 7.06. The third-order valence-electron chi connectivity index (χ3n) is 4.10. The maximum atomic E-state index is 13.6. The van der Waals surface area contributed by atoms with Crippen LogP contribution < -0.4 is 5.56 Å². The predicted octanol–water partition coefficient (Wildman–Crippen LogP) is 4.50. The Balaban J connectivity index is 0.000000339. The van der Waals surface area contributed by atoms with Crippen molar-refractivity contribution >= 4 is 27.4 Å². The Kier molecular flexibility index (Phi) is 6.16. The van der Waals surface area contributed by atoms with E-state index in [2.05, 4.69) is 10.1 Å². The SMILES string of the molecule is Cn1nc(-c2cccc(F)c2)c2scc(-c3ccncc3)c2c1=O.O=C(O)C(F)(F)F. The van der Waals surface area contributed by atoms with Crippen molar-refractivity contribution in [2.24, 2.45) is 7.05 Å². The van der Waals surface area contributed by atoms with Gasteiger partial charge in [0.15, 0.2) is 0 Å². The van der Waals surface area contributed by atoms with Crippen molar-refractivity contribution < 1.29 is 27.5 Å². The van der Waals surface area contributed by atoms with E-state index in [4.69, 9.17) is 9.90 Å². The lowest BCUT2D eigenvalue weighted by atomic mass is 10.1. The highest BCUT2D eigenvalue weighted by molar-refractivity contribution is 7.18. The molecule has 160 valence electrons. The Labute approximate surface area is 176 Å². The molecule has 0 saturated heterocycles. The molecule has 4 aromatic rings. The van der Waals surface area contributed by atoms with Crippen LogP contribution in [0.3, 0.4) is 0 Å². The molecule has 0 saturated carbocycles. The van der Waals surface area contributed by atoms with Crippen molar-refractivity contribution in [1.29, 1.82) is 0 Å². The number of halogens is 4. The van der Waals surface area contributed by atoms with E-state index >= 15 is 0 Å². The molecule has 0 bridgehead atoms. The monoisotopic (exact) mass is 451 g/mol. The number of carbonyl (C=O) groups is 1. The summed E-state index contributed by atoms with van der Waals surface area (Å²) in [6.45, 7) is 0. The Morgan fingerprint density at radius 2 is 1.77 bits per heavy atom. The summed E-state index contributed by atoms with van der Waals surface area (Å²) in [7, 11) is 1.61. The highest BCUT2D eigenvalue weighted by Crippen LogP contribution is 2.36. The lowest BCUT2D eigenvalue weighted by Crippen LogP contribution is -2.21. The van der Waals surface area contributed by atoms with Gasteiger partial charge in [-0.3, -0.25) is 9.78 Å². The molecule has 0 spiro atoms. The Morgan fingerprint density at radius 3 is 2.35 bits per heavy atom. The zero-order chi connectivity index (χ0) is 22.8. The second kappa shape index (κ2) is 8.64. The molecule has 3 heterocycles. The summed E-state index contributed by atoms with van der Waals surface area (Å²) >= 11 is 1.44. The molecule has 0 aliphatic rings. The summed E-state index contributed by atoms with van der Waals surface area (Å²) in [5.74, 6) is -3.09. The number of hydrogen-bond acceptors (Lipinski definition) is 5. The summed E-state index contributed by atoms with van der Waals surface area (Å²) in [6.07, 6.45) is -1.70. The van der Waals surface area contributed by atoms with E-state index in [-0.39, 0.29) is 11.4 Å². The van der Waals surface area contributed by atoms with Crippen LogP contribution >= 0.6 is 11.3 Å². The molecule has 11 heteroatoms. The van der Waals surface area contributed by atoms with Gasteiger partial charge in [-0.2, -0.15) is 18.3 Å². The van der Waals surface area contributed by atoms with Gasteiger partial charge >= 0.3 is 12.1 Å². The number of aryl methyl sites for hydroxylation is 1. The Bertz CT molecular complexity index is 1300. The van der Waals surface area contributed by atoms with Crippen molar-refractivity contribution in [3.63, 3.8) is 0 Å². The fraction of sp³-hybridized carbons (Fsp3) is 0.100. The van der Waals surface area contributed by atoms with Gasteiger partial charge in [0.1, 0.15) is 11.5 Å². The lowest BCUT2D eigenvalue weighted by Gasteiger charge is -2.06. The van der Waals surface area contributed by atoms with Crippen LogP contribution in [-0.2, 0) is 11.8 Å². The van der Waals surface area contributed by atoms with Crippen molar-refractivity contribution in [2.75, 3.05) is 0 Å². The zero-order valence-electron chi connectivity index (χ0n) is 15.7. The first kappa shape index (κ1) is 22.1. The number of rotatable bonds is 2. The first-order valence-corrected chi connectivity index (χ1v) is 9.42. The normalized spacial score (nSPS) is 11.1. The highest BCUT2D eigenvalue weighted by Gasteiger charge is 2.38. The quantitative estimate of drug-likeness (QED) is 0.454. The number of alkyl halides is 3. The second-order valence-electron chi connectivity index (χ2n) is 6.18. The molecule has 0 radical (unpaired) electrons. The van der Waals surface area contributed by atoms with Gasteiger partial charge in [-0.05, 0) is 29.8 Å². The van der Waals surface area contributed by atoms with Gasteiger partial charge in [-0.1, -0.05) is 12.1 Å². The number of pyridine rings is 1. The van der Waals surface area contributed by atoms with Crippen LogP contribution in [0.25, 0.3) is 32.5 Å². The third kappa shape index (κ3) is 4.77. The number of aromatic nitrogens is 3. The number of nitrogens with zero attached hydrogens (tertiary/aromatic N) is 3. The van der Waals surface area contributed by atoms with Gasteiger partial charge in [0.25, 0.3) is 5.56 Å². The van der Waals surface area contributed by atoms with E-state index in [0.29, 0.717) is 16.6 Å². The molecule has 1 N–H and O–H groups in total. The lowest BCUT2D eigenvalue weighted by molar-refractivity contribution is -0.192. The van der Waals surface area contributed by atoms with Gasteiger partial charge in [0.05, 0.1) is 10.1 Å². The smallest absolute Gasteiger partial charge is 0.475 e. The predicted molar refractivity (Wildman–Crippen MR) is 107 cm³/mol. The average Bonchev–Trinajstić information content (AvgIpc) is 3.16. The molecule has 0 fully saturated rings. The van der Waals surface area contributed by atoms with Crippen LogP contribution in [0.5, 0.6) is 0 Å². The molecule has 0 amide bonds. The van der Waals surface area contributed by atoms with Crippen molar-refractivity contribution in [2.45, 2.75) is 6.18 Å². The Morgan fingerprint density at radius 1 is 1.13 bits per heavy atom. The number of aliphatic carboxylic acids is 1. The molecular formula is C20H13F4N3O3S. The fourth-order valence-electron chi connectivity index (χ4n) is 2.72. The van der Waals surface area contributed by atoms with E-state index in [1.807, 2.05) is 17.5 Å². The van der Waals surface area contributed by atoms with Crippen LogP contribution in [-0.4, -0.2) is 32.0 Å². The average molecular weight is 451 g/mol. The van der Waals surface area contributed by atoms with Crippen LogP contribution in [0.1, 0.15) is 0 Å². The summed E-state index contributed by atoms with van der Waals surface area (Å²) in [5, 5.41) is 14.0. The minimum Gasteiger partial charge on any atom is -0.475 e. The van der Waals surface area contributed by atoms with E-state index < -0.39 is 12.1 Å². The highest BCUT2D eigenvalue weighted by atomic mass is 32.1. The molecule has 6 nitrogen and oxygen atoms in total. The van der Waals surface area contributed by atoms with Crippen molar-refractivity contribution in [3.05, 3.63) is 70.3 Å². The summed E-state index contributed by atoms with van der Waals surface area (Å²) in [5.41, 5.74) is 2.86. The molecule has 31 heavy (non-hydrogen) atoms. The van der Waals surface area contributed by atoms with Gasteiger partial charge in [-0.25, -0.2) is 13.9 Å². The first-order chi connectivity index (χ1) is 14.6. The first-order valence-electron chi connectivity index (χ1n) is 8.54. The summed E-state index contributed by atoms with van der Waals surface area (Å²) in [4.78, 5) is 25.6. The fourth-order valence-corrected chi connectivity index (χ4v) is 3.79. The molecule has 0 unspecified atom stereocenters. The van der Waals surface area contributed by atoms with Crippen LogP contribution in [0, 0.1) is 5.82 Å². The van der Waals surface area contributed by atoms with Gasteiger partial charge in [0.2, 0.25) is 0 Å². The van der Waals surface area contributed by atoms with E-state index in [1.54, 1.807) is 31.6 Å². The summed E-state index contributed by atoms with van der Waals surface area (Å²) in [6, 6.07) is 9.98. The molecule has 0 aliphatic heterocycles. The van der Waals surface area contributed by atoms with Crippen LogP contribution in [0.4, 0.5) is 17.6 Å². The van der Waals surface area contributed by atoms with Gasteiger partial charge in [-0.15, -0.1) is 11.3 Å². The van der Waals surface area contributed by atoms with Crippen molar-refractivity contribution in [1.82, 2.24) is 14.8 Å². The topological polar surface area (TPSA) is 85.1 Å². The van der Waals surface area contributed by atoms with Crippen molar-refractivity contribution in [3.8, 4) is 22.4 Å². The summed E-state index contributed by atoms with van der Waals surface area (Å²) < 4.78 is 47.4. The standard InChI is InChI=1S/C18H12FN3OS.C2HF3O2/c1-22-18(23)15-14(11-5-7-20-8-6-11)10-24-17(15)16(21-22)12-3-2-4-13(19)9-12;3-2(4,5)1(6)7/h2-10H,1H3;(H,6,7). The number of benzene rings is 1. The molecular weight excluding hydrogens is 438 g/mol. The Hall–Kier alpha value is -3.60. The molecule has 3 aromatic heterocycles. The molecule has 4 rings (SSSR count). The number of hydrogen-bond donors (Lipinski definition) is 1. The minimum atomic E-state index is -5.08. The largest absolute Gasteiger partial charge is 0.490 e. The number of carboxylic acid groups (broad SMARTS) is 1. The molecule has 1 aromatic carbocycles. The van der Waals surface area contributed by atoms with E-state index in [1.165, 1.54) is 28.2 Å². The molecule has 0 aliphatic carbocycles. The van der Waals surface area contributed by atoms with Crippen LogP contribution in [0.15, 0.2) is 59.0 Å². The zero-order valence-corrected chi connectivity index (χ0v) is 16.5. The maximum absolute atomic E-state index is 13.6. The van der Waals surface area contributed by atoms with Gasteiger partial charge in [0, 0.05) is 35.9 Å².